The van der Waals surface area contributed by atoms with Crippen molar-refractivity contribution in [3.63, 3.8) is 0 Å². The van der Waals surface area contributed by atoms with Gasteiger partial charge in [0.2, 0.25) is 0 Å². The number of ether oxygens (including phenoxy) is 1. The first-order chi connectivity index (χ1) is 13.4. The molecular formula is C23H39NO4. The smallest absolute Gasteiger partial charge is 0.337 e. The first kappa shape index (κ1) is 24.6. The lowest BCUT2D eigenvalue weighted by atomic mass is 9.86. The number of carbonyl (C=O) groups excluding carboxylic acids is 2. The van der Waals surface area contributed by atoms with E-state index in [1.54, 1.807) is 0 Å². The molecule has 0 aliphatic heterocycles. The molecule has 0 amide bonds. The Bertz CT molecular complexity index is 539. The van der Waals surface area contributed by atoms with Crippen molar-refractivity contribution in [2.75, 3.05) is 13.7 Å². The zero-order chi connectivity index (χ0) is 21.0. The molecule has 0 aromatic heterocycles. The lowest BCUT2D eigenvalue weighted by Crippen LogP contribution is -2.35. The summed E-state index contributed by atoms with van der Waals surface area (Å²) in [6.07, 6.45) is 16.5. The molecule has 3 N–H and O–H groups in total. The number of nitrogens with two attached hydrogens (primary N) is 1. The van der Waals surface area contributed by atoms with Gasteiger partial charge < -0.3 is 15.6 Å². The molecule has 1 saturated carbocycles. The molecule has 5 heteroatoms. The van der Waals surface area contributed by atoms with Crippen LogP contribution >= 0.6 is 0 Å². The van der Waals surface area contributed by atoms with Crippen molar-refractivity contribution in [1.82, 2.24) is 0 Å². The Morgan fingerprint density at radius 2 is 2.00 bits per heavy atom. The number of hydrogen-bond acceptors (Lipinski definition) is 5. The number of rotatable bonds is 13. The van der Waals surface area contributed by atoms with Crippen molar-refractivity contribution >= 4 is 11.8 Å². The van der Waals surface area contributed by atoms with Gasteiger partial charge in [-0.25, -0.2) is 4.79 Å². The van der Waals surface area contributed by atoms with Gasteiger partial charge in [-0.2, -0.15) is 0 Å². The molecule has 0 spiro atoms. The van der Waals surface area contributed by atoms with E-state index in [9.17, 15) is 14.7 Å². The second kappa shape index (κ2) is 12.9. The lowest BCUT2D eigenvalue weighted by Gasteiger charge is -2.19. The molecule has 28 heavy (non-hydrogen) atoms. The zero-order valence-electron chi connectivity index (χ0n) is 17.9. The van der Waals surface area contributed by atoms with Gasteiger partial charge in [0.1, 0.15) is 5.78 Å². The highest BCUT2D eigenvalue weighted by molar-refractivity contribution is 5.84. The van der Waals surface area contributed by atoms with Crippen LogP contribution in [0.1, 0.15) is 71.6 Å². The summed E-state index contributed by atoms with van der Waals surface area (Å²) >= 11 is 0. The van der Waals surface area contributed by atoms with Crippen LogP contribution in [0.15, 0.2) is 24.3 Å². The fourth-order valence-corrected chi connectivity index (χ4v) is 3.90. The number of Topliss-reactive ketones (excluding diaryl/α,β-unsaturated/α-hetero) is 1. The van der Waals surface area contributed by atoms with E-state index < -0.39 is 11.6 Å². The largest absolute Gasteiger partial charge is 0.467 e. The molecule has 0 aromatic carbocycles. The molecule has 0 saturated heterocycles. The van der Waals surface area contributed by atoms with Gasteiger partial charge in [-0.15, -0.1) is 0 Å². The Labute approximate surface area is 170 Å². The SMILES string of the molecule is CCCCCC/C=C/[C@H]1[C@H](CN)CC(=O)[C@@H]1C/C=C\CCC(C)(O)C(=O)OC. The van der Waals surface area contributed by atoms with Crippen LogP contribution in [0.5, 0.6) is 0 Å². The third-order valence-electron chi connectivity index (χ3n) is 5.75. The number of unbranched alkanes of at least 4 members (excludes halogenated alkanes) is 4. The highest BCUT2D eigenvalue weighted by atomic mass is 16.5. The molecule has 160 valence electrons. The quantitative estimate of drug-likeness (QED) is 0.281. The zero-order valence-corrected chi connectivity index (χ0v) is 17.9. The van der Waals surface area contributed by atoms with Crippen LogP contribution in [0.25, 0.3) is 0 Å². The summed E-state index contributed by atoms with van der Waals surface area (Å²) in [6.45, 7) is 4.21. The van der Waals surface area contributed by atoms with Gasteiger partial charge in [-0.1, -0.05) is 50.5 Å². The molecule has 0 bridgehead atoms. The maximum Gasteiger partial charge on any atom is 0.337 e. The topological polar surface area (TPSA) is 89.6 Å². The predicted octanol–water partition coefficient (Wildman–Crippen LogP) is 3.94. The van der Waals surface area contributed by atoms with E-state index in [1.807, 2.05) is 12.2 Å². The molecule has 0 aromatic rings. The van der Waals surface area contributed by atoms with Crippen LogP contribution in [0.2, 0.25) is 0 Å². The molecule has 1 aliphatic carbocycles. The van der Waals surface area contributed by atoms with Gasteiger partial charge in [-0.05, 0) is 57.4 Å². The third kappa shape index (κ3) is 7.88. The maximum absolute atomic E-state index is 12.5. The van der Waals surface area contributed by atoms with Crippen LogP contribution in [0.4, 0.5) is 0 Å². The van der Waals surface area contributed by atoms with Crippen molar-refractivity contribution in [2.45, 2.75) is 77.2 Å². The number of carbonyl (C=O) groups is 2. The van der Waals surface area contributed by atoms with Gasteiger partial charge in [0.05, 0.1) is 7.11 Å². The van der Waals surface area contributed by atoms with Crippen molar-refractivity contribution in [2.24, 2.45) is 23.5 Å². The monoisotopic (exact) mass is 393 g/mol. The number of esters is 1. The Morgan fingerprint density at radius 3 is 2.64 bits per heavy atom. The third-order valence-corrected chi connectivity index (χ3v) is 5.75. The fourth-order valence-electron chi connectivity index (χ4n) is 3.90. The summed E-state index contributed by atoms with van der Waals surface area (Å²) in [5.41, 5.74) is 4.43. The van der Waals surface area contributed by atoms with Crippen molar-refractivity contribution in [3.05, 3.63) is 24.3 Å². The minimum Gasteiger partial charge on any atom is -0.467 e. The fraction of sp³-hybridized carbons (Fsp3) is 0.739. The van der Waals surface area contributed by atoms with E-state index in [2.05, 4.69) is 23.8 Å². The summed E-state index contributed by atoms with van der Waals surface area (Å²) in [6, 6.07) is 0. The first-order valence-corrected chi connectivity index (χ1v) is 10.7. The number of hydrogen-bond donors (Lipinski definition) is 2. The molecule has 1 rings (SSSR count). The maximum atomic E-state index is 12.5. The molecule has 4 atom stereocenters. The standard InChI is InChI=1S/C23H39NO4/c1-4-5-6-7-8-10-13-19-18(17-24)16-21(25)20(19)14-11-9-12-15-23(2,27)22(26)28-3/h9-11,13,18-20,27H,4-8,12,14-17,24H2,1-3H3/b11-9-,13-10+/t18-,19-,20+,23?/m0/s1. The summed E-state index contributed by atoms with van der Waals surface area (Å²) in [5, 5.41) is 10.0. The summed E-state index contributed by atoms with van der Waals surface area (Å²) in [4.78, 5) is 23.9. The highest BCUT2D eigenvalue weighted by Gasteiger charge is 2.39. The van der Waals surface area contributed by atoms with E-state index >= 15 is 0 Å². The molecule has 1 unspecified atom stereocenters. The van der Waals surface area contributed by atoms with Crippen LogP contribution in [-0.4, -0.2) is 36.1 Å². The Kier molecular flexibility index (Phi) is 11.3. The number of allylic oxidation sites excluding steroid dienone is 4. The molecule has 1 aliphatic rings. The lowest BCUT2D eigenvalue weighted by molar-refractivity contribution is -0.160. The van der Waals surface area contributed by atoms with E-state index in [0.29, 0.717) is 38.0 Å². The molecule has 0 heterocycles. The van der Waals surface area contributed by atoms with Crippen LogP contribution in [-0.2, 0) is 14.3 Å². The van der Waals surface area contributed by atoms with Gasteiger partial charge in [0, 0.05) is 12.3 Å². The van der Waals surface area contributed by atoms with Gasteiger partial charge in [0.25, 0.3) is 0 Å². The highest BCUT2D eigenvalue weighted by Crippen LogP contribution is 2.37. The minimum atomic E-state index is -1.48. The molecular weight excluding hydrogens is 354 g/mol. The Balaban J connectivity index is 2.54. The van der Waals surface area contributed by atoms with E-state index in [1.165, 1.54) is 39.7 Å². The van der Waals surface area contributed by atoms with E-state index in [4.69, 9.17) is 5.73 Å². The van der Waals surface area contributed by atoms with Crippen LogP contribution < -0.4 is 5.73 Å². The summed E-state index contributed by atoms with van der Waals surface area (Å²) < 4.78 is 4.60. The molecule has 0 radical (unpaired) electrons. The average Bonchev–Trinajstić information content (AvgIpc) is 2.98. The van der Waals surface area contributed by atoms with Crippen LogP contribution in [0, 0.1) is 17.8 Å². The van der Waals surface area contributed by atoms with Crippen molar-refractivity contribution < 1.29 is 19.4 Å². The second-order valence-corrected chi connectivity index (χ2v) is 8.14. The Hall–Kier alpha value is -1.46. The van der Waals surface area contributed by atoms with Crippen LogP contribution in [0.3, 0.4) is 0 Å². The predicted molar refractivity (Wildman–Crippen MR) is 113 cm³/mol. The van der Waals surface area contributed by atoms with Gasteiger partial charge >= 0.3 is 5.97 Å². The molecule has 5 nitrogen and oxygen atoms in total. The van der Waals surface area contributed by atoms with Crippen molar-refractivity contribution in [1.29, 1.82) is 0 Å². The second-order valence-electron chi connectivity index (χ2n) is 8.14. The summed E-state index contributed by atoms with van der Waals surface area (Å²) in [5.74, 6) is 0.103. The number of ketones is 1. The first-order valence-electron chi connectivity index (χ1n) is 10.7. The summed E-state index contributed by atoms with van der Waals surface area (Å²) in [7, 11) is 1.27. The van der Waals surface area contributed by atoms with Crippen molar-refractivity contribution in [3.8, 4) is 0 Å². The number of methoxy groups -OCH3 is 1. The Morgan fingerprint density at radius 1 is 1.25 bits per heavy atom. The molecule has 1 fully saturated rings. The van der Waals surface area contributed by atoms with E-state index in [-0.39, 0.29) is 17.8 Å². The number of aliphatic hydroxyl groups is 1. The average molecular weight is 394 g/mol. The van der Waals surface area contributed by atoms with Gasteiger partial charge in [0.15, 0.2) is 5.60 Å². The van der Waals surface area contributed by atoms with Gasteiger partial charge in [-0.3, -0.25) is 4.79 Å². The normalized spacial score (nSPS) is 24.9. The minimum absolute atomic E-state index is 0.0159. The van der Waals surface area contributed by atoms with E-state index in [0.717, 1.165) is 6.42 Å².